The zero-order chi connectivity index (χ0) is 11.1. The molecule has 0 radical (unpaired) electrons. The van der Waals surface area contributed by atoms with Crippen molar-refractivity contribution in [3.05, 3.63) is 29.8 Å². The smallest absolute Gasteiger partial charge is 0.0887 e. The minimum absolute atomic E-state index is 0.787. The van der Waals surface area contributed by atoms with E-state index >= 15 is 0 Å². The first-order valence-corrected chi connectivity index (χ1v) is 6.34. The van der Waals surface area contributed by atoms with E-state index in [0.29, 0.717) is 0 Å². The van der Waals surface area contributed by atoms with Crippen molar-refractivity contribution in [2.45, 2.75) is 51.9 Å². The number of hydrogen-bond donors (Lipinski definition) is 0. The maximum Gasteiger partial charge on any atom is 0.139 e. The third-order valence-corrected chi connectivity index (χ3v) is 3.06. The van der Waals surface area contributed by atoms with E-state index in [4.69, 9.17) is 0 Å². The molecule has 0 aromatic heterocycles. The molecule has 15 heavy (non-hydrogen) atoms. The lowest BCUT2D eigenvalue weighted by molar-refractivity contribution is 0.541. The average Bonchev–Trinajstić information content (AvgIpc) is 2.24. The third-order valence-electron chi connectivity index (χ3n) is 3.06. The Morgan fingerprint density at radius 1 is 1.13 bits per heavy atom. The summed E-state index contributed by atoms with van der Waals surface area (Å²) < 4.78 is 0. The zero-order valence-electron chi connectivity index (χ0n) is 10.4. The van der Waals surface area contributed by atoms with E-state index < -0.39 is 0 Å². The van der Waals surface area contributed by atoms with E-state index in [1.54, 1.807) is 5.56 Å². The van der Waals surface area contributed by atoms with Gasteiger partial charge in [0.15, 0.2) is 0 Å². The highest BCUT2D eigenvalue weighted by Crippen LogP contribution is 2.26. The fourth-order valence-electron chi connectivity index (χ4n) is 2.20. The number of hydrogen-bond acceptors (Lipinski definition) is 0. The quantitative estimate of drug-likeness (QED) is 0.622. The topological polar surface area (TPSA) is 0 Å². The lowest BCUT2D eigenvalue weighted by atomic mass is 9.85. The van der Waals surface area contributed by atoms with Crippen molar-refractivity contribution in [3.8, 4) is 0 Å². The molecule has 0 N–H and O–H groups in total. The third kappa shape index (κ3) is 4.11. The number of unbranched alkanes of at least 4 members (excludes halogenated alkanes) is 1. The summed E-state index contributed by atoms with van der Waals surface area (Å²) in [6, 6.07) is 9.03. The van der Waals surface area contributed by atoms with Crippen LogP contribution in [0.25, 0.3) is 0 Å². The highest BCUT2D eigenvalue weighted by Gasteiger charge is 2.09. The monoisotopic (exact) mass is 202 g/mol. The molecule has 1 atom stereocenters. The maximum absolute atomic E-state index is 2.36. The molecule has 0 saturated heterocycles. The van der Waals surface area contributed by atoms with Gasteiger partial charge in [-0.05, 0) is 24.3 Å². The van der Waals surface area contributed by atoms with Crippen LogP contribution in [0.2, 0.25) is 0 Å². The van der Waals surface area contributed by atoms with Crippen molar-refractivity contribution >= 4 is 13.3 Å². The molecule has 0 aliphatic rings. The Labute approximate surface area is 95.5 Å². The van der Waals surface area contributed by atoms with Crippen LogP contribution in [0.5, 0.6) is 0 Å². The molecule has 0 saturated carbocycles. The van der Waals surface area contributed by atoms with Gasteiger partial charge in [-0.1, -0.05) is 62.8 Å². The Morgan fingerprint density at radius 3 is 2.53 bits per heavy atom. The number of benzene rings is 1. The van der Waals surface area contributed by atoms with Gasteiger partial charge in [0.05, 0.1) is 0 Å². The molecule has 82 valence electrons. The predicted molar refractivity (Wildman–Crippen MR) is 71.8 cm³/mol. The summed E-state index contributed by atoms with van der Waals surface area (Å²) in [5.41, 5.74) is 2.94. The van der Waals surface area contributed by atoms with Gasteiger partial charge < -0.3 is 0 Å². The molecule has 0 fully saturated rings. The van der Waals surface area contributed by atoms with Crippen molar-refractivity contribution in [2.75, 3.05) is 0 Å². The Hall–Kier alpha value is -0.715. The summed E-state index contributed by atoms with van der Waals surface area (Å²) in [5.74, 6) is 0.787. The van der Waals surface area contributed by atoms with E-state index in [-0.39, 0.29) is 0 Å². The van der Waals surface area contributed by atoms with Gasteiger partial charge in [0.2, 0.25) is 0 Å². The van der Waals surface area contributed by atoms with E-state index in [1.807, 2.05) is 0 Å². The summed E-state index contributed by atoms with van der Waals surface area (Å²) in [5, 5.41) is 0. The molecule has 1 rings (SSSR count). The maximum atomic E-state index is 2.36. The fraction of sp³-hybridized carbons (Fsp3) is 0.571. The molecule has 1 aromatic carbocycles. The lowest BCUT2D eigenvalue weighted by Crippen LogP contribution is -2.06. The molecule has 0 amide bonds. The molecule has 1 unspecified atom stereocenters. The largest absolute Gasteiger partial charge is 0.139 e. The summed E-state index contributed by atoms with van der Waals surface area (Å²) in [6.45, 7) is 4.56. The van der Waals surface area contributed by atoms with Crippen LogP contribution in [0, 0.1) is 0 Å². The van der Waals surface area contributed by atoms with Crippen molar-refractivity contribution in [3.63, 3.8) is 0 Å². The summed E-state index contributed by atoms with van der Waals surface area (Å²) in [7, 11) is 2.19. The van der Waals surface area contributed by atoms with Crippen LogP contribution in [0.1, 0.15) is 57.4 Å². The fourth-order valence-corrected chi connectivity index (χ4v) is 2.20. The Balaban J connectivity index is 2.69. The standard InChI is InChI=1S/C14H23B/c1-3-5-8-12(7-4-2)13-9-6-10-14(15)11-13/h6,9-12H,3-5,7-8,15H2,1-2H3. The second-order valence-corrected chi connectivity index (χ2v) is 4.54. The summed E-state index contributed by atoms with van der Waals surface area (Å²) >= 11 is 0. The molecular formula is C14H23B. The van der Waals surface area contributed by atoms with Gasteiger partial charge in [0.1, 0.15) is 7.85 Å². The lowest BCUT2D eigenvalue weighted by Gasteiger charge is -2.16. The van der Waals surface area contributed by atoms with Gasteiger partial charge >= 0.3 is 0 Å². The van der Waals surface area contributed by atoms with Crippen LogP contribution < -0.4 is 5.46 Å². The van der Waals surface area contributed by atoms with Crippen LogP contribution in [-0.4, -0.2) is 7.85 Å². The second kappa shape index (κ2) is 6.71. The van der Waals surface area contributed by atoms with Crippen molar-refractivity contribution in [1.82, 2.24) is 0 Å². The highest BCUT2D eigenvalue weighted by atomic mass is 14.1. The van der Waals surface area contributed by atoms with E-state index in [9.17, 15) is 0 Å². The summed E-state index contributed by atoms with van der Waals surface area (Å²) in [4.78, 5) is 0. The first-order valence-electron chi connectivity index (χ1n) is 6.34. The van der Waals surface area contributed by atoms with Gasteiger partial charge in [0, 0.05) is 0 Å². The normalized spacial score (nSPS) is 12.7. The molecule has 0 heterocycles. The van der Waals surface area contributed by atoms with Gasteiger partial charge in [-0.25, -0.2) is 0 Å². The van der Waals surface area contributed by atoms with E-state index in [0.717, 1.165) is 5.92 Å². The first kappa shape index (κ1) is 12.4. The predicted octanol–water partition coefficient (Wildman–Crippen LogP) is 3.02. The van der Waals surface area contributed by atoms with Gasteiger partial charge in [-0.3, -0.25) is 0 Å². The van der Waals surface area contributed by atoms with Gasteiger partial charge in [-0.15, -0.1) is 0 Å². The van der Waals surface area contributed by atoms with Crippen molar-refractivity contribution in [1.29, 1.82) is 0 Å². The van der Waals surface area contributed by atoms with Crippen LogP contribution in [-0.2, 0) is 0 Å². The molecule has 0 aliphatic carbocycles. The second-order valence-electron chi connectivity index (χ2n) is 4.54. The SMILES string of the molecule is Bc1cccc(C(CCC)CCCC)c1. The van der Waals surface area contributed by atoms with Crippen LogP contribution in [0.3, 0.4) is 0 Å². The van der Waals surface area contributed by atoms with E-state index in [2.05, 4.69) is 46.0 Å². The minimum atomic E-state index is 0.787. The van der Waals surface area contributed by atoms with Crippen LogP contribution in [0.15, 0.2) is 24.3 Å². The molecule has 0 spiro atoms. The summed E-state index contributed by atoms with van der Waals surface area (Å²) in [6.07, 6.45) is 6.66. The average molecular weight is 202 g/mol. The van der Waals surface area contributed by atoms with Crippen LogP contribution in [0.4, 0.5) is 0 Å². The molecule has 1 heteroatoms. The van der Waals surface area contributed by atoms with Crippen LogP contribution >= 0.6 is 0 Å². The first-order chi connectivity index (χ1) is 7.27. The molecule has 0 nitrogen and oxygen atoms in total. The zero-order valence-corrected chi connectivity index (χ0v) is 10.4. The number of rotatable bonds is 6. The van der Waals surface area contributed by atoms with Crippen molar-refractivity contribution in [2.24, 2.45) is 0 Å². The Morgan fingerprint density at radius 2 is 1.93 bits per heavy atom. The Bertz CT molecular complexity index is 280. The van der Waals surface area contributed by atoms with Crippen molar-refractivity contribution < 1.29 is 0 Å². The molecular weight excluding hydrogens is 179 g/mol. The van der Waals surface area contributed by atoms with Gasteiger partial charge in [0.25, 0.3) is 0 Å². The molecule has 0 bridgehead atoms. The molecule has 1 aromatic rings. The van der Waals surface area contributed by atoms with Gasteiger partial charge in [-0.2, -0.15) is 0 Å². The molecule has 0 aliphatic heterocycles. The van der Waals surface area contributed by atoms with E-state index in [1.165, 1.54) is 37.6 Å². The minimum Gasteiger partial charge on any atom is -0.0887 e. The highest BCUT2D eigenvalue weighted by molar-refractivity contribution is 6.32. The Kier molecular flexibility index (Phi) is 5.53.